The monoisotopic (exact) mass is 223 g/mol. The zero-order valence-corrected chi connectivity index (χ0v) is 9.45. The van der Waals surface area contributed by atoms with Crippen LogP contribution in [0.15, 0.2) is 18.2 Å². The largest absolute Gasteiger partial charge is 0.495 e. The van der Waals surface area contributed by atoms with Gasteiger partial charge < -0.3 is 10.5 Å². The molecule has 1 heterocycles. The minimum absolute atomic E-state index is 0.202. The second-order valence-electron chi connectivity index (χ2n) is 3.60. The van der Waals surface area contributed by atoms with Gasteiger partial charge in [0, 0.05) is 0 Å². The first-order valence-corrected chi connectivity index (χ1v) is 5.25. The van der Waals surface area contributed by atoms with E-state index in [1.54, 1.807) is 7.11 Å². The molecular formula is C10H17N5O. The highest BCUT2D eigenvalue weighted by Crippen LogP contribution is 2.27. The van der Waals surface area contributed by atoms with E-state index >= 15 is 0 Å². The molecule has 2 rings (SSSR count). The van der Waals surface area contributed by atoms with E-state index in [1.807, 2.05) is 23.2 Å². The number of nitrogen functional groups attached to an aromatic ring is 1. The van der Waals surface area contributed by atoms with Crippen LogP contribution in [-0.2, 0) is 0 Å². The maximum absolute atomic E-state index is 5.87. The number of hydrogen-bond donors (Lipinski definition) is 4. The molecule has 0 spiro atoms. The minimum atomic E-state index is 0.202. The quantitative estimate of drug-likeness (QED) is 0.554. The number of nitrogens with two attached hydrogens (primary N) is 1. The molecule has 1 unspecified atom stereocenters. The highest BCUT2D eigenvalue weighted by atomic mass is 16.5. The van der Waals surface area contributed by atoms with E-state index in [9.17, 15) is 0 Å². The van der Waals surface area contributed by atoms with Crippen molar-refractivity contribution in [2.24, 2.45) is 0 Å². The van der Waals surface area contributed by atoms with E-state index in [0.29, 0.717) is 11.4 Å². The van der Waals surface area contributed by atoms with E-state index in [4.69, 9.17) is 10.5 Å². The maximum atomic E-state index is 5.87. The Kier molecular flexibility index (Phi) is 3.14. The van der Waals surface area contributed by atoms with Crippen molar-refractivity contribution in [3.05, 3.63) is 18.2 Å². The lowest BCUT2D eigenvalue weighted by Gasteiger charge is -2.23. The molecule has 1 fully saturated rings. The van der Waals surface area contributed by atoms with Gasteiger partial charge in [0.05, 0.1) is 18.5 Å². The van der Waals surface area contributed by atoms with Crippen LogP contribution in [0.4, 0.5) is 11.4 Å². The molecule has 1 aliphatic rings. The molecule has 0 aliphatic carbocycles. The molecule has 1 aromatic carbocycles. The summed E-state index contributed by atoms with van der Waals surface area (Å²) in [6.07, 6.45) is 1.17. The van der Waals surface area contributed by atoms with Gasteiger partial charge in [-0.25, -0.2) is 5.43 Å². The Morgan fingerprint density at radius 3 is 2.94 bits per heavy atom. The molecule has 0 aromatic heterocycles. The summed E-state index contributed by atoms with van der Waals surface area (Å²) in [5, 5.41) is 1.98. The number of methoxy groups -OCH3 is 1. The summed E-state index contributed by atoms with van der Waals surface area (Å²) in [5.41, 5.74) is 16.5. The fraction of sp³-hybridized carbons (Fsp3) is 0.400. The summed E-state index contributed by atoms with van der Waals surface area (Å²) >= 11 is 0. The standard InChI is InChI=1S/C10H17N5O/c1-3-10-12-13-14-15(10)7-4-5-9(16-2)8(11)6-7/h4-6,10,12-14H,3,11H2,1-2H3. The third-order valence-corrected chi connectivity index (χ3v) is 2.60. The highest BCUT2D eigenvalue weighted by Gasteiger charge is 2.22. The Morgan fingerprint density at radius 2 is 2.31 bits per heavy atom. The molecule has 5 N–H and O–H groups in total. The molecule has 16 heavy (non-hydrogen) atoms. The first-order chi connectivity index (χ1) is 7.76. The third-order valence-electron chi connectivity index (χ3n) is 2.60. The second-order valence-corrected chi connectivity index (χ2v) is 3.60. The number of hydrogen-bond acceptors (Lipinski definition) is 6. The summed E-state index contributed by atoms with van der Waals surface area (Å²) in [4.78, 5) is 0. The lowest BCUT2D eigenvalue weighted by Crippen LogP contribution is -2.39. The Balaban J connectivity index is 2.23. The predicted molar refractivity (Wildman–Crippen MR) is 63.4 cm³/mol. The summed E-state index contributed by atoms with van der Waals surface area (Å²) in [5.74, 6) is 0.692. The normalized spacial score (nSPS) is 20.1. The van der Waals surface area contributed by atoms with Crippen LogP contribution >= 0.6 is 0 Å². The smallest absolute Gasteiger partial charge is 0.141 e. The minimum Gasteiger partial charge on any atom is -0.495 e. The van der Waals surface area contributed by atoms with Crippen molar-refractivity contribution in [2.75, 3.05) is 17.9 Å². The van der Waals surface area contributed by atoms with Crippen LogP contribution in [-0.4, -0.2) is 13.3 Å². The van der Waals surface area contributed by atoms with E-state index in [1.165, 1.54) is 0 Å². The Morgan fingerprint density at radius 1 is 1.50 bits per heavy atom. The molecule has 0 saturated carbocycles. The summed E-state index contributed by atoms with van der Waals surface area (Å²) in [6.45, 7) is 2.10. The lowest BCUT2D eigenvalue weighted by atomic mass is 10.2. The van der Waals surface area contributed by atoms with E-state index < -0.39 is 0 Å². The van der Waals surface area contributed by atoms with Crippen molar-refractivity contribution in [2.45, 2.75) is 19.5 Å². The van der Waals surface area contributed by atoms with Crippen LogP contribution in [0.1, 0.15) is 13.3 Å². The summed E-state index contributed by atoms with van der Waals surface area (Å²) in [6, 6.07) is 5.69. The van der Waals surface area contributed by atoms with Gasteiger partial charge in [0.2, 0.25) is 0 Å². The van der Waals surface area contributed by atoms with Crippen LogP contribution in [0, 0.1) is 0 Å². The van der Waals surface area contributed by atoms with Crippen molar-refractivity contribution in [1.82, 2.24) is 16.5 Å². The number of ether oxygens (including phenoxy) is 1. The van der Waals surface area contributed by atoms with Crippen molar-refractivity contribution in [3.63, 3.8) is 0 Å². The fourth-order valence-electron chi connectivity index (χ4n) is 1.72. The summed E-state index contributed by atoms with van der Waals surface area (Å²) < 4.78 is 5.12. The highest BCUT2D eigenvalue weighted by molar-refractivity contribution is 5.63. The number of nitrogens with one attached hydrogen (secondary N) is 3. The van der Waals surface area contributed by atoms with Gasteiger partial charge in [-0.15, -0.1) is 0 Å². The zero-order valence-electron chi connectivity index (χ0n) is 9.45. The molecule has 6 heteroatoms. The molecule has 1 saturated heterocycles. The number of nitrogens with zero attached hydrogens (tertiary/aromatic N) is 1. The van der Waals surface area contributed by atoms with Gasteiger partial charge >= 0.3 is 0 Å². The average molecular weight is 223 g/mol. The fourth-order valence-corrected chi connectivity index (χ4v) is 1.72. The van der Waals surface area contributed by atoms with Gasteiger partial charge in [0.1, 0.15) is 11.9 Å². The number of hydrazine groups is 3. The molecule has 0 bridgehead atoms. The molecule has 88 valence electrons. The van der Waals surface area contributed by atoms with E-state index in [0.717, 1.165) is 12.1 Å². The molecular weight excluding hydrogens is 206 g/mol. The third kappa shape index (κ3) is 1.90. The van der Waals surface area contributed by atoms with Crippen molar-refractivity contribution >= 4 is 11.4 Å². The molecule has 1 aliphatic heterocycles. The molecule has 1 aromatic rings. The second kappa shape index (κ2) is 4.56. The van der Waals surface area contributed by atoms with Crippen LogP contribution < -0.4 is 32.0 Å². The van der Waals surface area contributed by atoms with E-state index in [-0.39, 0.29) is 6.17 Å². The van der Waals surface area contributed by atoms with Gasteiger partial charge in [-0.05, 0) is 24.6 Å². The van der Waals surface area contributed by atoms with Crippen molar-refractivity contribution in [3.8, 4) is 5.75 Å². The molecule has 6 nitrogen and oxygen atoms in total. The predicted octanol–water partition coefficient (Wildman–Crippen LogP) is 0.347. The number of rotatable bonds is 3. The average Bonchev–Trinajstić information content (AvgIpc) is 2.77. The molecule has 1 atom stereocenters. The van der Waals surface area contributed by atoms with Crippen LogP contribution in [0.25, 0.3) is 0 Å². The van der Waals surface area contributed by atoms with Gasteiger partial charge in [0.25, 0.3) is 0 Å². The number of benzene rings is 1. The Bertz CT molecular complexity index is 370. The zero-order chi connectivity index (χ0) is 11.5. The Hall–Kier alpha value is -1.50. The first-order valence-electron chi connectivity index (χ1n) is 5.25. The van der Waals surface area contributed by atoms with Gasteiger partial charge in [-0.2, -0.15) is 11.1 Å². The van der Waals surface area contributed by atoms with Crippen LogP contribution in [0.2, 0.25) is 0 Å². The van der Waals surface area contributed by atoms with Crippen LogP contribution in [0.5, 0.6) is 5.75 Å². The number of anilines is 2. The van der Waals surface area contributed by atoms with Crippen molar-refractivity contribution < 1.29 is 4.74 Å². The first kappa shape index (κ1) is 11.0. The summed E-state index contributed by atoms with van der Waals surface area (Å²) in [7, 11) is 1.61. The molecule has 0 amide bonds. The van der Waals surface area contributed by atoms with Gasteiger partial charge in [-0.3, -0.25) is 5.01 Å². The maximum Gasteiger partial charge on any atom is 0.141 e. The SMILES string of the molecule is CCC1NNNN1c1ccc(OC)c(N)c1. The Labute approximate surface area is 94.7 Å². The topological polar surface area (TPSA) is 74.6 Å². The van der Waals surface area contributed by atoms with Gasteiger partial charge in [0.15, 0.2) is 0 Å². The van der Waals surface area contributed by atoms with Crippen molar-refractivity contribution in [1.29, 1.82) is 0 Å². The van der Waals surface area contributed by atoms with E-state index in [2.05, 4.69) is 23.4 Å². The molecule has 0 radical (unpaired) electrons. The van der Waals surface area contributed by atoms with Gasteiger partial charge in [-0.1, -0.05) is 6.92 Å². The lowest BCUT2D eigenvalue weighted by molar-refractivity contribution is 0.417. The van der Waals surface area contributed by atoms with Crippen LogP contribution in [0.3, 0.4) is 0 Å².